The Balaban J connectivity index is 2.62. The second-order valence-electron chi connectivity index (χ2n) is 3.73. The topological polar surface area (TPSA) is 30.7 Å². The van der Waals surface area contributed by atoms with Crippen molar-refractivity contribution < 1.29 is 0 Å². The molecule has 0 bridgehead atoms. The van der Waals surface area contributed by atoms with Crippen LogP contribution in [0.3, 0.4) is 0 Å². The lowest BCUT2D eigenvalue weighted by atomic mass is 10.1. The quantitative estimate of drug-likeness (QED) is 0.749. The molecule has 0 aliphatic heterocycles. The Labute approximate surface area is 100 Å². The summed E-state index contributed by atoms with van der Waals surface area (Å²) in [7, 11) is 0. The van der Waals surface area contributed by atoms with Crippen molar-refractivity contribution in [1.29, 1.82) is 0 Å². The highest BCUT2D eigenvalue weighted by Crippen LogP contribution is 2.22. The number of aromatic nitrogens is 3. The normalized spacial score (nSPS) is 10.8. The third kappa shape index (κ3) is 1.71. The first-order chi connectivity index (χ1) is 7.65. The van der Waals surface area contributed by atoms with Crippen LogP contribution in [0.25, 0.3) is 5.69 Å². The molecular weight excluding hydrogens is 222 g/mol. The van der Waals surface area contributed by atoms with Gasteiger partial charge in [0.25, 0.3) is 0 Å². The van der Waals surface area contributed by atoms with Gasteiger partial charge in [0, 0.05) is 11.9 Å². The van der Waals surface area contributed by atoms with Crippen LogP contribution in [0.5, 0.6) is 0 Å². The zero-order valence-electron chi connectivity index (χ0n) is 9.66. The molecule has 0 radical (unpaired) electrons. The Hall–Kier alpha value is -1.35. The summed E-state index contributed by atoms with van der Waals surface area (Å²) in [5.74, 6) is 0. The van der Waals surface area contributed by atoms with Crippen LogP contribution in [0.1, 0.15) is 23.9 Å². The molecule has 3 nitrogen and oxygen atoms in total. The Kier molecular flexibility index (Phi) is 2.97. The molecule has 0 atom stereocenters. The van der Waals surface area contributed by atoms with Gasteiger partial charge in [0.1, 0.15) is 5.69 Å². The summed E-state index contributed by atoms with van der Waals surface area (Å²) in [6.45, 7) is 6.21. The highest BCUT2D eigenvalue weighted by atomic mass is 35.5. The summed E-state index contributed by atoms with van der Waals surface area (Å²) in [5, 5.41) is 4.99. The minimum atomic E-state index is 0.482. The first kappa shape index (κ1) is 11.1. The lowest BCUT2D eigenvalue weighted by Gasteiger charge is -2.05. The zero-order chi connectivity index (χ0) is 11.7. The van der Waals surface area contributed by atoms with Gasteiger partial charge >= 0.3 is 0 Å². The number of aryl methyl sites for hydroxylation is 1. The summed E-state index contributed by atoms with van der Waals surface area (Å²) >= 11 is 6.06. The van der Waals surface area contributed by atoms with Crippen LogP contribution in [0, 0.1) is 13.8 Å². The molecule has 0 aromatic carbocycles. The molecule has 84 valence electrons. The van der Waals surface area contributed by atoms with E-state index in [2.05, 4.69) is 23.9 Å². The van der Waals surface area contributed by atoms with Gasteiger partial charge in [-0.15, -0.1) is 0 Å². The maximum absolute atomic E-state index is 6.06. The van der Waals surface area contributed by atoms with Gasteiger partial charge < -0.3 is 0 Å². The standard InChI is InChI=1S/C12H14ClN3/c1-4-10-8(2)15-16(9(10)3)11-6-5-7-14-12(11)13/h5-7H,4H2,1-3H3. The van der Waals surface area contributed by atoms with E-state index in [1.54, 1.807) is 6.20 Å². The number of nitrogens with zero attached hydrogens (tertiary/aromatic N) is 3. The van der Waals surface area contributed by atoms with E-state index in [9.17, 15) is 0 Å². The van der Waals surface area contributed by atoms with Crippen LogP contribution in [0.2, 0.25) is 5.15 Å². The van der Waals surface area contributed by atoms with E-state index < -0.39 is 0 Å². The second-order valence-corrected chi connectivity index (χ2v) is 4.09. The zero-order valence-corrected chi connectivity index (χ0v) is 10.4. The molecule has 0 saturated carbocycles. The molecule has 0 aliphatic rings. The number of rotatable bonds is 2. The van der Waals surface area contributed by atoms with E-state index in [-0.39, 0.29) is 0 Å². The van der Waals surface area contributed by atoms with Crippen molar-refractivity contribution in [3.8, 4) is 5.69 Å². The monoisotopic (exact) mass is 235 g/mol. The van der Waals surface area contributed by atoms with Crippen molar-refractivity contribution in [1.82, 2.24) is 14.8 Å². The van der Waals surface area contributed by atoms with Crippen molar-refractivity contribution >= 4 is 11.6 Å². The van der Waals surface area contributed by atoms with Gasteiger partial charge in [-0.2, -0.15) is 5.10 Å². The number of pyridine rings is 1. The largest absolute Gasteiger partial charge is 0.242 e. The second kappa shape index (κ2) is 4.26. The van der Waals surface area contributed by atoms with Crippen LogP contribution >= 0.6 is 11.6 Å². The maximum Gasteiger partial charge on any atom is 0.154 e. The van der Waals surface area contributed by atoms with Gasteiger partial charge in [-0.25, -0.2) is 9.67 Å². The van der Waals surface area contributed by atoms with Crippen LogP contribution in [0.4, 0.5) is 0 Å². The number of hydrogen-bond acceptors (Lipinski definition) is 2. The summed E-state index contributed by atoms with van der Waals surface area (Å²) in [6.07, 6.45) is 2.66. The van der Waals surface area contributed by atoms with Crippen LogP contribution in [0.15, 0.2) is 18.3 Å². The molecule has 4 heteroatoms. The average molecular weight is 236 g/mol. The molecule has 0 unspecified atom stereocenters. The molecule has 0 spiro atoms. The third-order valence-corrected chi connectivity index (χ3v) is 3.05. The highest BCUT2D eigenvalue weighted by molar-refractivity contribution is 6.31. The SMILES string of the molecule is CCc1c(C)nn(-c2cccnc2Cl)c1C. The minimum Gasteiger partial charge on any atom is -0.242 e. The molecule has 2 aromatic rings. The molecule has 2 rings (SSSR count). The lowest BCUT2D eigenvalue weighted by molar-refractivity contribution is 0.828. The number of hydrogen-bond donors (Lipinski definition) is 0. The maximum atomic E-state index is 6.06. The smallest absolute Gasteiger partial charge is 0.154 e. The average Bonchev–Trinajstić information content (AvgIpc) is 2.55. The summed E-state index contributed by atoms with van der Waals surface area (Å²) in [4.78, 5) is 4.07. The van der Waals surface area contributed by atoms with E-state index in [4.69, 9.17) is 11.6 Å². The van der Waals surface area contributed by atoms with Gasteiger partial charge in [-0.05, 0) is 38.0 Å². The fourth-order valence-electron chi connectivity index (χ4n) is 1.96. The van der Waals surface area contributed by atoms with Gasteiger partial charge in [-0.1, -0.05) is 18.5 Å². The first-order valence-corrected chi connectivity index (χ1v) is 5.69. The first-order valence-electron chi connectivity index (χ1n) is 5.31. The van der Waals surface area contributed by atoms with Gasteiger partial charge in [0.05, 0.1) is 5.69 Å². The molecule has 0 aliphatic carbocycles. The minimum absolute atomic E-state index is 0.482. The van der Waals surface area contributed by atoms with Gasteiger partial charge in [0.2, 0.25) is 0 Å². The Morgan fingerprint density at radius 1 is 1.38 bits per heavy atom. The van der Waals surface area contributed by atoms with E-state index in [1.807, 2.05) is 23.7 Å². The number of halogens is 1. The van der Waals surface area contributed by atoms with Crippen molar-refractivity contribution in [2.24, 2.45) is 0 Å². The van der Waals surface area contributed by atoms with Crippen LogP contribution < -0.4 is 0 Å². The summed E-state index contributed by atoms with van der Waals surface area (Å²) < 4.78 is 1.86. The van der Waals surface area contributed by atoms with E-state index in [0.29, 0.717) is 5.15 Å². The fourth-order valence-corrected chi connectivity index (χ4v) is 2.16. The Morgan fingerprint density at radius 2 is 2.12 bits per heavy atom. The third-order valence-electron chi connectivity index (χ3n) is 2.76. The molecule has 2 heterocycles. The van der Waals surface area contributed by atoms with E-state index in [1.165, 1.54) is 5.56 Å². The molecule has 0 N–H and O–H groups in total. The van der Waals surface area contributed by atoms with Crippen LogP contribution in [-0.4, -0.2) is 14.8 Å². The summed E-state index contributed by atoms with van der Waals surface area (Å²) in [5.41, 5.74) is 4.30. The molecular formula is C12H14ClN3. The van der Waals surface area contributed by atoms with Crippen molar-refractivity contribution in [3.63, 3.8) is 0 Å². The van der Waals surface area contributed by atoms with Crippen molar-refractivity contribution in [3.05, 3.63) is 40.4 Å². The van der Waals surface area contributed by atoms with E-state index >= 15 is 0 Å². The predicted molar refractivity (Wildman–Crippen MR) is 65.2 cm³/mol. The van der Waals surface area contributed by atoms with Crippen LogP contribution in [-0.2, 0) is 6.42 Å². The molecule has 0 amide bonds. The van der Waals surface area contributed by atoms with Crippen molar-refractivity contribution in [2.75, 3.05) is 0 Å². The summed E-state index contributed by atoms with van der Waals surface area (Å²) in [6, 6.07) is 3.79. The van der Waals surface area contributed by atoms with Gasteiger partial charge in [0.15, 0.2) is 5.15 Å². The molecule has 2 aromatic heterocycles. The van der Waals surface area contributed by atoms with Gasteiger partial charge in [-0.3, -0.25) is 0 Å². The Bertz CT molecular complexity index is 517. The Morgan fingerprint density at radius 3 is 2.69 bits per heavy atom. The fraction of sp³-hybridized carbons (Fsp3) is 0.333. The van der Waals surface area contributed by atoms with E-state index in [0.717, 1.165) is 23.5 Å². The predicted octanol–water partition coefficient (Wildman–Crippen LogP) is 3.10. The molecule has 16 heavy (non-hydrogen) atoms. The lowest BCUT2D eigenvalue weighted by Crippen LogP contribution is -2.01. The molecule has 0 fully saturated rings. The van der Waals surface area contributed by atoms with Crippen molar-refractivity contribution in [2.45, 2.75) is 27.2 Å². The highest BCUT2D eigenvalue weighted by Gasteiger charge is 2.13. The molecule has 0 saturated heterocycles.